The molecule has 1 atom stereocenters. The van der Waals surface area contributed by atoms with Gasteiger partial charge in [-0.1, -0.05) is 0 Å². The van der Waals surface area contributed by atoms with E-state index in [1.54, 1.807) is 24.3 Å². The Morgan fingerprint density at radius 1 is 1.29 bits per heavy atom. The summed E-state index contributed by atoms with van der Waals surface area (Å²) in [4.78, 5) is 2.46. The van der Waals surface area contributed by atoms with E-state index in [2.05, 4.69) is 10.2 Å². The smallest absolute Gasteiger partial charge is 0.175 e. The molecule has 0 radical (unpaired) electrons. The van der Waals surface area contributed by atoms with E-state index in [0.717, 1.165) is 18.8 Å². The molecule has 0 spiro atoms. The fourth-order valence-electron chi connectivity index (χ4n) is 2.20. The number of β-amino-alcohol motifs (C(OH)–C–C–N with tert-alkyl or cyclic N) is 1. The van der Waals surface area contributed by atoms with E-state index in [0.29, 0.717) is 31.2 Å². The van der Waals surface area contributed by atoms with Crippen LogP contribution in [0.1, 0.15) is 0 Å². The van der Waals surface area contributed by atoms with Gasteiger partial charge in [0.05, 0.1) is 24.2 Å². The minimum absolute atomic E-state index is 0.293. The highest BCUT2D eigenvalue weighted by Gasteiger charge is 2.14. The molecular weight excluding hydrogens is 292 g/mol. The molecule has 1 fully saturated rings. The largest absolute Gasteiger partial charge is 0.390 e. The SMILES string of the molecule is CS(=O)(=O)c1ccc(NCC(O)CN2CCOCC2)cc1. The fraction of sp³-hybridized carbons (Fsp3) is 0.571. The standard InChI is InChI=1S/C14H22N2O4S/c1-21(18,19)14-4-2-12(3-5-14)15-10-13(17)11-16-6-8-20-9-7-16/h2-5,13,15,17H,6-11H2,1H3. The summed E-state index contributed by atoms with van der Waals surface area (Å²) in [5, 5.41) is 13.1. The summed E-state index contributed by atoms with van der Waals surface area (Å²) in [5.74, 6) is 0. The van der Waals surface area contributed by atoms with Gasteiger partial charge in [-0.05, 0) is 24.3 Å². The zero-order chi connectivity index (χ0) is 15.3. The minimum Gasteiger partial charge on any atom is -0.390 e. The molecule has 2 N–H and O–H groups in total. The number of hydrogen-bond donors (Lipinski definition) is 2. The van der Waals surface area contributed by atoms with Crippen LogP contribution in [0.2, 0.25) is 0 Å². The zero-order valence-electron chi connectivity index (χ0n) is 12.2. The third-order valence-corrected chi connectivity index (χ3v) is 4.53. The molecule has 1 aromatic rings. The summed E-state index contributed by atoms with van der Waals surface area (Å²) in [6.07, 6.45) is 0.708. The van der Waals surface area contributed by atoms with Crippen molar-refractivity contribution in [3.8, 4) is 0 Å². The minimum atomic E-state index is -3.17. The molecule has 0 amide bonds. The number of anilines is 1. The summed E-state index contributed by atoms with van der Waals surface area (Å²) in [6, 6.07) is 6.54. The van der Waals surface area contributed by atoms with Gasteiger partial charge in [0.1, 0.15) is 0 Å². The number of morpholine rings is 1. The highest BCUT2D eigenvalue weighted by atomic mass is 32.2. The Kier molecular flexibility index (Phi) is 5.58. The second-order valence-electron chi connectivity index (χ2n) is 5.24. The van der Waals surface area contributed by atoms with Gasteiger partial charge >= 0.3 is 0 Å². The van der Waals surface area contributed by atoms with Gasteiger partial charge in [0.25, 0.3) is 0 Å². The molecule has 0 bridgehead atoms. The van der Waals surface area contributed by atoms with Gasteiger partial charge in [0.2, 0.25) is 0 Å². The van der Waals surface area contributed by atoms with Crippen molar-refractivity contribution in [2.75, 3.05) is 51.0 Å². The number of aliphatic hydroxyl groups is 1. The molecule has 118 valence electrons. The Morgan fingerprint density at radius 3 is 2.48 bits per heavy atom. The molecular formula is C14H22N2O4S. The van der Waals surface area contributed by atoms with E-state index in [1.807, 2.05) is 0 Å². The molecule has 21 heavy (non-hydrogen) atoms. The van der Waals surface area contributed by atoms with Gasteiger partial charge in [-0.15, -0.1) is 0 Å². The second kappa shape index (κ2) is 7.22. The molecule has 1 heterocycles. The molecule has 1 unspecified atom stereocenters. The first-order chi connectivity index (χ1) is 9.95. The molecule has 0 aliphatic carbocycles. The molecule has 0 saturated carbocycles. The average Bonchev–Trinajstić information content (AvgIpc) is 2.46. The molecule has 1 aliphatic heterocycles. The lowest BCUT2D eigenvalue weighted by Gasteiger charge is -2.28. The predicted molar refractivity (Wildman–Crippen MR) is 81.3 cm³/mol. The van der Waals surface area contributed by atoms with Crippen molar-refractivity contribution in [2.24, 2.45) is 0 Å². The van der Waals surface area contributed by atoms with Crippen LogP contribution in [0.3, 0.4) is 0 Å². The van der Waals surface area contributed by atoms with Crippen molar-refractivity contribution in [1.82, 2.24) is 4.90 Å². The lowest BCUT2D eigenvalue weighted by molar-refractivity contribution is 0.0171. The zero-order valence-corrected chi connectivity index (χ0v) is 13.0. The van der Waals surface area contributed by atoms with Crippen molar-refractivity contribution in [3.05, 3.63) is 24.3 Å². The van der Waals surface area contributed by atoms with E-state index in [-0.39, 0.29) is 0 Å². The molecule has 1 aliphatic rings. The highest BCUT2D eigenvalue weighted by molar-refractivity contribution is 7.90. The Morgan fingerprint density at radius 2 is 1.90 bits per heavy atom. The number of hydrogen-bond acceptors (Lipinski definition) is 6. The number of aliphatic hydroxyl groups excluding tert-OH is 1. The number of benzene rings is 1. The maximum absolute atomic E-state index is 11.4. The normalized spacial score (nSPS) is 18.4. The number of ether oxygens (including phenoxy) is 1. The number of sulfone groups is 1. The van der Waals surface area contributed by atoms with Gasteiger partial charge in [-0.25, -0.2) is 8.42 Å². The third kappa shape index (κ3) is 5.28. The van der Waals surface area contributed by atoms with Crippen molar-refractivity contribution in [2.45, 2.75) is 11.0 Å². The number of nitrogens with one attached hydrogen (secondary N) is 1. The molecule has 1 saturated heterocycles. The van der Waals surface area contributed by atoms with Crippen LogP contribution in [-0.2, 0) is 14.6 Å². The van der Waals surface area contributed by atoms with Crippen LogP contribution in [0.15, 0.2) is 29.2 Å². The molecule has 1 aromatic carbocycles. The van der Waals surface area contributed by atoms with Gasteiger partial charge in [0, 0.05) is 38.1 Å². The maximum atomic E-state index is 11.4. The van der Waals surface area contributed by atoms with Crippen LogP contribution in [0.4, 0.5) is 5.69 Å². The third-order valence-electron chi connectivity index (χ3n) is 3.40. The summed E-state index contributed by atoms with van der Waals surface area (Å²) < 4.78 is 28.0. The van der Waals surface area contributed by atoms with Crippen LogP contribution >= 0.6 is 0 Å². The van der Waals surface area contributed by atoms with Crippen LogP contribution in [-0.4, -0.2) is 70.2 Å². The van der Waals surface area contributed by atoms with Gasteiger partial charge in [-0.3, -0.25) is 4.90 Å². The van der Waals surface area contributed by atoms with Crippen molar-refractivity contribution in [1.29, 1.82) is 0 Å². The van der Waals surface area contributed by atoms with Crippen molar-refractivity contribution in [3.63, 3.8) is 0 Å². The van der Waals surface area contributed by atoms with E-state index in [9.17, 15) is 13.5 Å². The van der Waals surface area contributed by atoms with E-state index >= 15 is 0 Å². The maximum Gasteiger partial charge on any atom is 0.175 e. The van der Waals surface area contributed by atoms with Crippen LogP contribution in [0, 0.1) is 0 Å². The number of nitrogens with zero attached hydrogens (tertiary/aromatic N) is 1. The van der Waals surface area contributed by atoms with E-state index < -0.39 is 15.9 Å². The highest BCUT2D eigenvalue weighted by Crippen LogP contribution is 2.13. The first-order valence-corrected chi connectivity index (χ1v) is 8.86. The van der Waals surface area contributed by atoms with Crippen LogP contribution in [0.25, 0.3) is 0 Å². The summed E-state index contributed by atoms with van der Waals surface area (Å²) >= 11 is 0. The Balaban J connectivity index is 1.79. The van der Waals surface area contributed by atoms with Crippen molar-refractivity contribution >= 4 is 15.5 Å². The van der Waals surface area contributed by atoms with Crippen LogP contribution in [0.5, 0.6) is 0 Å². The summed E-state index contributed by atoms with van der Waals surface area (Å²) in [6.45, 7) is 4.16. The fourth-order valence-corrected chi connectivity index (χ4v) is 2.83. The van der Waals surface area contributed by atoms with E-state index in [1.165, 1.54) is 6.26 Å². The number of rotatable bonds is 6. The molecule has 6 nitrogen and oxygen atoms in total. The lowest BCUT2D eigenvalue weighted by atomic mass is 10.2. The van der Waals surface area contributed by atoms with Crippen LogP contribution < -0.4 is 5.32 Å². The van der Waals surface area contributed by atoms with Crippen molar-refractivity contribution < 1.29 is 18.3 Å². The predicted octanol–water partition coefficient (Wildman–Crippen LogP) is 0.195. The Labute approximate surface area is 125 Å². The summed E-state index contributed by atoms with van der Waals surface area (Å²) in [5.41, 5.74) is 0.795. The first kappa shape index (κ1) is 16.2. The van der Waals surface area contributed by atoms with E-state index in [4.69, 9.17) is 4.74 Å². The first-order valence-electron chi connectivity index (χ1n) is 6.97. The van der Waals surface area contributed by atoms with Gasteiger partial charge in [-0.2, -0.15) is 0 Å². The molecule has 7 heteroatoms. The monoisotopic (exact) mass is 314 g/mol. The quantitative estimate of drug-likeness (QED) is 0.781. The second-order valence-corrected chi connectivity index (χ2v) is 7.26. The van der Waals surface area contributed by atoms with Gasteiger partial charge in [0.15, 0.2) is 9.84 Å². The molecule has 2 rings (SSSR count). The lowest BCUT2D eigenvalue weighted by Crippen LogP contribution is -2.42. The topological polar surface area (TPSA) is 78.9 Å². The van der Waals surface area contributed by atoms with Gasteiger partial charge < -0.3 is 15.2 Å². The summed E-state index contributed by atoms with van der Waals surface area (Å²) in [7, 11) is -3.17. The molecule has 0 aromatic heterocycles. The Bertz CT molecular complexity index is 539. The Hall–Kier alpha value is -1.15. The average molecular weight is 314 g/mol.